The molecule has 110 valence electrons. The van der Waals surface area contributed by atoms with E-state index in [-0.39, 0.29) is 30.3 Å². The molecule has 2 unspecified atom stereocenters. The number of carbonyl (C=O) groups excluding carboxylic acids is 2. The van der Waals surface area contributed by atoms with E-state index in [1.165, 1.54) is 0 Å². The molecule has 5 nitrogen and oxygen atoms in total. The normalized spacial score (nSPS) is 13.4. The fourth-order valence-corrected chi connectivity index (χ4v) is 1.76. The molecule has 0 heterocycles. The summed E-state index contributed by atoms with van der Waals surface area (Å²) in [7, 11) is 0. The highest BCUT2D eigenvalue weighted by molar-refractivity contribution is 5.96. The van der Waals surface area contributed by atoms with Crippen LogP contribution in [-0.4, -0.2) is 24.4 Å². The Bertz CT molecular complexity index is 478. The number of benzene rings is 1. The van der Waals surface area contributed by atoms with Gasteiger partial charge in [-0.3, -0.25) is 9.59 Å². The van der Waals surface area contributed by atoms with Gasteiger partial charge in [0.05, 0.1) is 6.54 Å². The van der Waals surface area contributed by atoms with Gasteiger partial charge in [-0.25, -0.2) is 0 Å². The van der Waals surface area contributed by atoms with Crippen molar-refractivity contribution in [1.82, 2.24) is 5.32 Å². The van der Waals surface area contributed by atoms with Crippen LogP contribution in [0.3, 0.4) is 0 Å². The number of anilines is 1. The number of aryl methyl sites for hydroxylation is 2. The minimum absolute atomic E-state index is 0.0519. The van der Waals surface area contributed by atoms with Crippen molar-refractivity contribution in [2.75, 3.05) is 11.9 Å². The summed E-state index contributed by atoms with van der Waals surface area (Å²) < 4.78 is 0. The van der Waals surface area contributed by atoms with Crippen LogP contribution >= 0.6 is 0 Å². The maximum absolute atomic E-state index is 11.9. The Morgan fingerprint density at radius 2 is 1.75 bits per heavy atom. The first-order valence-corrected chi connectivity index (χ1v) is 6.72. The van der Waals surface area contributed by atoms with E-state index in [1.54, 1.807) is 13.8 Å². The van der Waals surface area contributed by atoms with Gasteiger partial charge in [-0.2, -0.15) is 0 Å². The zero-order valence-electron chi connectivity index (χ0n) is 12.5. The molecule has 0 saturated carbocycles. The summed E-state index contributed by atoms with van der Waals surface area (Å²) in [5.41, 5.74) is 8.43. The van der Waals surface area contributed by atoms with Crippen LogP contribution in [0, 0.1) is 19.8 Å². The van der Waals surface area contributed by atoms with E-state index in [0.717, 1.165) is 16.8 Å². The van der Waals surface area contributed by atoms with Crippen LogP contribution in [0.2, 0.25) is 0 Å². The summed E-state index contributed by atoms with van der Waals surface area (Å²) in [5, 5.41) is 5.41. The van der Waals surface area contributed by atoms with Crippen molar-refractivity contribution in [2.45, 2.75) is 33.7 Å². The molecular formula is C15H23N3O2. The van der Waals surface area contributed by atoms with E-state index in [0.29, 0.717) is 0 Å². The molecule has 0 spiro atoms. The Labute approximate surface area is 119 Å². The molecule has 0 aromatic heterocycles. The SMILES string of the molecule is Cc1cccc(C)c1NC(=O)CNC(=O)C(C)C(C)N. The van der Waals surface area contributed by atoms with Crippen LogP contribution in [0.5, 0.6) is 0 Å². The molecule has 2 amide bonds. The van der Waals surface area contributed by atoms with Gasteiger partial charge in [-0.15, -0.1) is 0 Å². The van der Waals surface area contributed by atoms with E-state index in [9.17, 15) is 9.59 Å². The van der Waals surface area contributed by atoms with Gasteiger partial charge in [-0.05, 0) is 31.9 Å². The summed E-state index contributed by atoms with van der Waals surface area (Å²) in [4.78, 5) is 23.6. The quantitative estimate of drug-likeness (QED) is 0.759. The Hall–Kier alpha value is -1.88. The number of hydrogen-bond acceptors (Lipinski definition) is 3. The van der Waals surface area contributed by atoms with E-state index in [4.69, 9.17) is 5.73 Å². The molecule has 2 atom stereocenters. The van der Waals surface area contributed by atoms with Crippen LogP contribution in [0.1, 0.15) is 25.0 Å². The van der Waals surface area contributed by atoms with Gasteiger partial charge in [0.25, 0.3) is 0 Å². The Morgan fingerprint density at radius 3 is 2.25 bits per heavy atom. The van der Waals surface area contributed by atoms with Gasteiger partial charge in [0.1, 0.15) is 0 Å². The zero-order valence-corrected chi connectivity index (χ0v) is 12.5. The maximum atomic E-state index is 11.9. The highest BCUT2D eigenvalue weighted by Gasteiger charge is 2.17. The third-order valence-corrected chi connectivity index (χ3v) is 3.37. The molecular weight excluding hydrogens is 254 g/mol. The van der Waals surface area contributed by atoms with E-state index in [1.807, 2.05) is 32.0 Å². The van der Waals surface area contributed by atoms with Crippen LogP contribution in [0.4, 0.5) is 5.69 Å². The lowest BCUT2D eigenvalue weighted by atomic mass is 10.0. The van der Waals surface area contributed by atoms with Crippen LogP contribution in [0.15, 0.2) is 18.2 Å². The molecule has 1 aromatic carbocycles. The topological polar surface area (TPSA) is 84.2 Å². The lowest BCUT2D eigenvalue weighted by Crippen LogP contribution is -2.41. The number of amides is 2. The van der Waals surface area contributed by atoms with Gasteiger partial charge in [-0.1, -0.05) is 25.1 Å². The second kappa shape index (κ2) is 7.05. The third-order valence-electron chi connectivity index (χ3n) is 3.37. The first-order valence-electron chi connectivity index (χ1n) is 6.72. The second-order valence-electron chi connectivity index (χ2n) is 5.18. The largest absolute Gasteiger partial charge is 0.347 e. The lowest BCUT2D eigenvalue weighted by Gasteiger charge is -2.16. The fraction of sp³-hybridized carbons (Fsp3) is 0.467. The van der Waals surface area contributed by atoms with Crippen molar-refractivity contribution in [1.29, 1.82) is 0 Å². The second-order valence-corrected chi connectivity index (χ2v) is 5.18. The molecule has 5 heteroatoms. The zero-order chi connectivity index (χ0) is 15.3. The summed E-state index contributed by atoms with van der Waals surface area (Å²) in [6, 6.07) is 5.56. The highest BCUT2D eigenvalue weighted by Crippen LogP contribution is 2.18. The number of para-hydroxylation sites is 1. The predicted molar refractivity (Wildman–Crippen MR) is 80.4 cm³/mol. The van der Waals surface area contributed by atoms with Crippen molar-refractivity contribution in [3.05, 3.63) is 29.3 Å². The standard InChI is InChI=1S/C15H23N3O2/c1-9-6-5-7-10(2)14(9)18-13(19)8-17-15(20)11(3)12(4)16/h5-7,11-12H,8,16H2,1-4H3,(H,17,20)(H,18,19). The summed E-state index contributed by atoms with van der Waals surface area (Å²) >= 11 is 0. The first kappa shape index (κ1) is 16.2. The smallest absolute Gasteiger partial charge is 0.243 e. The molecule has 0 aliphatic carbocycles. The van der Waals surface area contributed by atoms with Gasteiger partial charge in [0.2, 0.25) is 11.8 Å². The highest BCUT2D eigenvalue weighted by atomic mass is 16.2. The van der Waals surface area contributed by atoms with Crippen molar-refractivity contribution in [2.24, 2.45) is 11.7 Å². The summed E-state index contributed by atoms with van der Waals surface area (Å²) in [5.74, 6) is -0.771. The molecule has 0 fully saturated rings. The molecule has 0 aliphatic rings. The maximum Gasteiger partial charge on any atom is 0.243 e. The van der Waals surface area contributed by atoms with Crippen molar-refractivity contribution in [3.8, 4) is 0 Å². The number of rotatable bonds is 5. The van der Waals surface area contributed by atoms with Crippen LogP contribution in [0.25, 0.3) is 0 Å². The number of nitrogens with two attached hydrogens (primary N) is 1. The minimum atomic E-state index is -0.317. The van der Waals surface area contributed by atoms with Gasteiger partial charge >= 0.3 is 0 Å². The number of nitrogens with one attached hydrogen (secondary N) is 2. The first-order chi connectivity index (χ1) is 9.32. The molecule has 1 rings (SSSR count). The Morgan fingerprint density at radius 1 is 1.20 bits per heavy atom. The van der Waals surface area contributed by atoms with Crippen LogP contribution in [-0.2, 0) is 9.59 Å². The number of hydrogen-bond donors (Lipinski definition) is 3. The van der Waals surface area contributed by atoms with Gasteiger partial charge in [0, 0.05) is 17.6 Å². The van der Waals surface area contributed by atoms with E-state index in [2.05, 4.69) is 10.6 Å². The van der Waals surface area contributed by atoms with E-state index >= 15 is 0 Å². The molecule has 4 N–H and O–H groups in total. The molecule has 20 heavy (non-hydrogen) atoms. The molecule has 1 aromatic rings. The lowest BCUT2D eigenvalue weighted by molar-refractivity contribution is -0.127. The molecule has 0 bridgehead atoms. The molecule has 0 radical (unpaired) electrons. The molecule has 0 saturated heterocycles. The molecule has 0 aliphatic heterocycles. The number of carbonyl (C=O) groups is 2. The van der Waals surface area contributed by atoms with Crippen LogP contribution < -0.4 is 16.4 Å². The van der Waals surface area contributed by atoms with Gasteiger partial charge < -0.3 is 16.4 Å². The van der Waals surface area contributed by atoms with Crippen molar-refractivity contribution in [3.63, 3.8) is 0 Å². The third kappa shape index (κ3) is 4.35. The minimum Gasteiger partial charge on any atom is -0.347 e. The van der Waals surface area contributed by atoms with Crippen molar-refractivity contribution < 1.29 is 9.59 Å². The average Bonchev–Trinajstić information content (AvgIpc) is 2.39. The Balaban J connectivity index is 2.55. The van der Waals surface area contributed by atoms with Gasteiger partial charge in [0.15, 0.2) is 0 Å². The van der Waals surface area contributed by atoms with Crippen molar-refractivity contribution >= 4 is 17.5 Å². The predicted octanol–water partition coefficient (Wildman–Crippen LogP) is 1.34. The summed E-state index contributed by atoms with van der Waals surface area (Å²) in [6.07, 6.45) is 0. The Kier molecular flexibility index (Phi) is 5.70. The average molecular weight is 277 g/mol. The monoisotopic (exact) mass is 277 g/mol. The summed E-state index contributed by atoms with van der Waals surface area (Å²) in [6.45, 7) is 7.31. The fourth-order valence-electron chi connectivity index (χ4n) is 1.76. The van der Waals surface area contributed by atoms with E-state index < -0.39 is 0 Å².